The Kier molecular flexibility index (Phi) is 4.09. The van der Waals surface area contributed by atoms with Gasteiger partial charge in [0.05, 0.1) is 5.56 Å². The van der Waals surface area contributed by atoms with Crippen molar-refractivity contribution in [1.29, 1.82) is 0 Å². The lowest BCUT2D eigenvalue weighted by Crippen LogP contribution is -2.37. The maximum Gasteiger partial charge on any atom is 0.250 e. The van der Waals surface area contributed by atoms with Gasteiger partial charge in [0.15, 0.2) is 0 Å². The number of nitrogens with one attached hydrogen (secondary N) is 1. The highest BCUT2D eigenvalue weighted by Gasteiger charge is 2.26. The van der Waals surface area contributed by atoms with Gasteiger partial charge in [-0.3, -0.25) is 4.79 Å². The fraction of sp³-hybridized carbons (Fsp3) is 0.462. The van der Waals surface area contributed by atoms with Crippen LogP contribution in [0.2, 0.25) is 5.02 Å². The van der Waals surface area contributed by atoms with Gasteiger partial charge in [0.1, 0.15) is 0 Å². The van der Waals surface area contributed by atoms with E-state index in [0.717, 1.165) is 31.6 Å². The van der Waals surface area contributed by atoms with E-state index < -0.39 is 5.91 Å². The lowest BCUT2D eigenvalue weighted by molar-refractivity contribution is 0.100. The van der Waals surface area contributed by atoms with Crippen LogP contribution in [-0.4, -0.2) is 32.1 Å². The van der Waals surface area contributed by atoms with Crippen LogP contribution >= 0.6 is 11.6 Å². The minimum absolute atomic E-state index is 0.411. The second-order valence-corrected chi connectivity index (χ2v) is 5.01. The van der Waals surface area contributed by atoms with Crippen molar-refractivity contribution >= 4 is 23.2 Å². The molecule has 3 N–H and O–H groups in total. The summed E-state index contributed by atoms with van der Waals surface area (Å²) in [6.45, 7) is 1.86. The highest BCUT2D eigenvalue weighted by atomic mass is 35.5. The largest absolute Gasteiger partial charge is 0.367 e. The Morgan fingerprint density at radius 1 is 1.61 bits per heavy atom. The van der Waals surface area contributed by atoms with Crippen molar-refractivity contribution in [3.05, 3.63) is 28.8 Å². The van der Waals surface area contributed by atoms with Gasteiger partial charge in [-0.05, 0) is 38.1 Å². The first-order chi connectivity index (χ1) is 8.63. The van der Waals surface area contributed by atoms with E-state index in [2.05, 4.69) is 10.2 Å². The lowest BCUT2D eigenvalue weighted by atomic mass is 10.1. The van der Waals surface area contributed by atoms with Crippen molar-refractivity contribution in [1.82, 2.24) is 5.32 Å². The average molecular weight is 268 g/mol. The van der Waals surface area contributed by atoms with E-state index in [1.54, 1.807) is 12.1 Å². The molecular formula is C13H18ClN3O. The van der Waals surface area contributed by atoms with Crippen LogP contribution in [0.4, 0.5) is 5.69 Å². The predicted molar refractivity (Wildman–Crippen MR) is 74.3 cm³/mol. The molecule has 1 unspecified atom stereocenters. The summed E-state index contributed by atoms with van der Waals surface area (Å²) in [7, 11) is 1.94. The Hall–Kier alpha value is -1.26. The van der Waals surface area contributed by atoms with Crippen molar-refractivity contribution in [3.63, 3.8) is 0 Å². The number of carbonyl (C=O) groups excluding carboxylic acids is 1. The fourth-order valence-corrected chi connectivity index (χ4v) is 2.73. The molecule has 0 radical (unpaired) electrons. The Bertz CT molecular complexity index is 450. The van der Waals surface area contributed by atoms with E-state index in [4.69, 9.17) is 17.3 Å². The first-order valence-electron chi connectivity index (χ1n) is 6.14. The Labute approximate surface area is 112 Å². The number of nitrogens with two attached hydrogens (primary N) is 1. The molecule has 5 heteroatoms. The van der Waals surface area contributed by atoms with E-state index in [1.807, 2.05) is 13.1 Å². The highest BCUT2D eigenvalue weighted by molar-refractivity contribution is 6.31. The predicted octanol–water partition coefficient (Wildman–Crippen LogP) is 1.63. The van der Waals surface area contributed by atoms with Crippen molar-refractivity contribution in [2.45, 2.75) is 18.9 Å². The molecule has 1 aliphatic rings. The standard InChI is InChI=1S/C13H18ClN3O/c1-16-8-10-3-2-6-17(10)12-5-4-9(14)7-11(12)13(15)18/h4-5,7,10,16H,2-3,6,8H2,1H3,(H2,15,18). The quantitative estimate of drug-likeness (QED) is 0.872. The molecule has 98 valence electrons. The summed E-state index contributed by atoms with van der Waals surface area (Å²) in [6, 6.07) is 5.75. The number of likely N-dealkylation sites (N-methyl/N-ethyl adjacent to an activating group) is 1. The van der Waals surface area contributed by atoms with Gasteiger partial charge in [-0.2, -0.15) is 0 Å². The third kappa shape index (κ3) is 2.60. The number of benzene rings is 1. The first kappa shape index (κ1) is 13.2. The van der Waals surface area contributed by atoms with Crippen molar-refractivity contribution < 1.29 is 4.79 Å². The number of hydrogen-bond donors (Lipinski definition) is 2. The smallest absolute Gasteiger partial charge is 0.250 e. The Morgan fingerprint density at radius 3 is 3.06 bits per heavy atom. The molecule has 1 fully saturated rings. The molecule has 1 aliphatic heterocycles. The van der Waals surface area contributed by atoms with Crippen molar-refractivity contribution in [2.24, 2.45) is 5.73 Å². The summed E-state index contributed by atoms with van der Waals surface area (Å²) >= 11 is 5.93. The van der Waals surface area contributed by atoms with Crippen LogP contribution in [0.15, 0.2) is 18.2 Å². The fourth-order valence-electron chi connectivity index (χ4n) is 2.56. The van der Waals surface area contributed by atoms with Crippen molar-refractivity contribution in [3.8, 4) is 0 Å². The third-order valence-corrected chi connectivity index (χ3v) is 3.59. The summed E-state index contributed by atoms with van der Waals surface area (Å²) in [4.78, 5) is 13.8. The van der Waals surface area contributed by atoms with Gasteiger partial charge in [0.2, 0.25) is 0 Å². The van der Waals surface area contributed by atoms with Gasteiger partial charge in [-0.15, -0.1) is 0 Å². The maximum absolute atomic E-state index is 11.5. The van der Waals surface area contributed by atoms with Gasteiger partial charge >= 0.3 is 0 Å². The third-order valence-electron chi connectivity index (χ3n) is 3.35. The molecule has 1 aromatic carbocycles. The molecule has 1 heterocycles. The van der Waals surface area contributed by atoms with Crippen molar-refractivity contribution in [2.75, 3.05) is 25.0 Å². The second-order valence-electron chi connectivity index (χ2n) is 4.57. The summed E-state index contributed by atoms with van der Waals surface area (Å²) in [5.41, 5.74) is 6.83. The molecule has 18 heavy (non-hydrogen) atoms. The number of hydrogen-bond acceptors (Lipinski definition) is 3. The van der Waals surface area contributed by atoms with E-state index >= 15 is 0 Å². The number of primary amides is 1. The van der Waals surface area contributed by atoms with Crippen LogP contribution in [0.3, 0.4) is 0 Å². The zero-order chi connectivity index (χ0) is 13.1. The zero-order valence-electron chi connectivity index (χ0n) is 10.4. The molecule has 1 saturated heterocycles. The van der Waals surface area contributed by atoms with Gasteiger partial charge in [-0.25, -0.2) is 0 Å². The summed E-state index contributed by atoms with van der Waals surface area (Å²) in [5, 5.41) is 3.72. The number of rotatable bonds is 4. The van der Waals surface area contributed by atoms with Gasteiger partial charge < -0.3 is 16.0 Å². The number of carbonyl (C=O) groups is 1. The molecule has 1 atom stereocenters. The number of anilines is 1. The van der Waals surface area contributed by atoms with Gasteiger partial charge in [0, 0.05) is 29.8 Å². The second kappa shape index (κ2) is 5.59. The molecule has 1 amide bonds. The SMILES string of the molecule is CNCC1CCCN1c1ccc(Cl)cc1C(N)=O. The topological polar surface area (TPSA) is 58.4 Å². The Morgan fingerprint density at radius 2 is 2.39 bits per heavy atom. The molecule has 0 aliphatic carbocycles. The van der Waals surface area contributed by atoms with Crippen LogP contribution in [0.25, 0.3) is 0 Å². The van der Waals surface area contributed by atoms with E-state index in [0.29, 0.717) is 16.6 Å². The zero-order valence-corrected chi connectivity index (χ0v) is 11.2. The minimum Gasteiger partial charge on any atom is -0.367 e. The first-order valence-corrected chi connectivity index (χ1v) is 6.52. The van der Waals surface area contributed by atoms with Crippen LogP contribution < -0.4 is 16.0 Å². The number of amides is 1. The molecule has 0 saturated carbocycles. The minimum atomic E-state index is -0.428. The van der Waals surface area contributed by atoms with E-state index in [-0.39, 0.29) is 0 Å². The van der Waals surface area contributed by atoms with Crippen LogP contribution in [0.1, 0.15) is 23.2 Å². The molecular weight excluding hydrogens is 250 g/mol. The normalized spacial score (nSPS) is 19.2. The van der Waals surface area contributed by atoms with Crippen LogP contribution in [-0.2, 0) is 0 Å². The van der Waals surface area contributed by atoms with E-state index in [1.165, 1.54) is 0 Å². The monoisotopic (exact) mass is 267 g/mol. The van der Waals surface area contributed by atoms with Crippen LogP contribution in [0.5, 0.6) is 0 Å². The molecule has 1 aromatic rings. The summed E-state index contributed by atoms with van der Waals surface area (Å²) in [5.74, 6) is -0.428. The van der Waals surface area contributed by atoms with Crippen LogP contribution in [0, 0.1) is 0 Å². The van der Waals surface area contributed by atoms with Gasteiger partial charge in [-0.1, -0.05) is 11.6 Å². The van der Waals surface area contributed by atoms with Gasteiger partial charge in [0.25, 0.3) is 5.91 Å². The summed E-state index contributed by atoms with van der Waals surface area (Å²) in [6.07, 6.45) is 2.26. The average Bonchev–Trinajstić information content (AvgIpc) is 2.77. The molecule has 4 nitrogen and oxygen atoms in total. The Balaban J connectivity index is 2.34. The molecule has 2 rings (SSSR count). The lowest BCUT2D eigenvalue weighted by Gasteiger charge is -2.28. The highest BCUT2D eigenvalue weighted by Crippen LogP contribution is 2.30. The molecule has 0 spiro atoms. The summed E-state index contributed by atoms with van der Waals surface area (Å²) < 4.78 is 0. The number of halogens is 1. The molecule has 0 bridgehead atoms. The number of nitrogens with zero attached hydrogens (tertiary/aromatic N) is 1. The maximum atomic E-state index is 11.5. The van der Waals surface area contributed by atoms with E-state index in [9.17, 15) is 4.79 Å². The molecule has 0 aromatic heterocycles.